The number of carbonyl (C=O) groups is 1. The summed E-state index contributed by atoms with van der Waals surface area (Å²) in [5, 5.41) is 2.93. The lowest BCUT2D eigenvalue weighted by Crippen LogP contribution is -2.28. The summed E-state index contributed by atoms with van der Waals surface area (Å²) < 4.78 is 5.64. The summed E-state index contributed by atoms with van der Waals surface area (Å²) in [7, 11) is 0. The highest BCUT2D eigenvalue weighted by Crippen LogP contribution is 2.25. The van der Waals surface area contributed by atoms with Gasteiger partial charge in [-0.05, 0) is 25.5 Å². The molecule has 1 N–H and O–H groups in total. The molecule has 1 aliphatic heterocycles. The minimum atomic E-state index is -0.821. The number of nitrogens with one attached hydrogen (secondary N) is 1. The van der Waals surface area contributed by atoms with Gasteiger partial charge in [-0.2, -0.15) is 0 Å². The van der Waals surface area contributed by atoms with Crippen molar-refractivity contribution in [3.05, 3.63) is 65.2 Å². The molecule has 4 heteroatoms. The summed E-state index contributed by atoms with van der Waals surface area (Å²) in [6.07, 6.45) is 0.0179. The highest BCUT2D eigenvalue weighted by atomic mass is 16.5. The molecule has 23 heavy (non-hydrogen) atoms. The van der Waals surface area contributed by atoms with Crippen LogP contribution in [0.2, 0.25) is 0 Å². The van der Waals surface area contributed by atoms with Gasteiger partial charge < -0.3 is 10.1 Å². The van der Waals surface area contributed by atoms with Crippen LogP contribution < -0.4 is 5.32 Å². The first-order valence-electron chi connectivity index (χ1n) is 7.85. The second-order valence-electron chi connectivity index (χ2n) is 5.61. The van der Waals surface area contributed by atoms with E-state index in [2.05, 4.69) is 10.3 Å². The first-order chi connectivity index (χ1) is 11.2. The van der Waals surface area contributed by atoms with Gasteiger partial charge in [-0.25, -0.2) is 4.99 Å². The number of aliphatic imine (C=N–C) groups is 1. The van der Waals surface area contributed by atoms with Crippen LogP contribution in [0.1, 0.15) is 30.0 Å². The normalized spacial score (nSPS) is 17.0. The van der Waals surface area contributed by atoms with Gasteiger partial charge in [0, 0.05) is 17.7 Å². The predicted octanol–water partition coefficient (Wildman–Crippen LogP) is 3.54. The zero-order valence-corrected chi connectivity index (χ0v) is 13.4. The van der Waals surface area contributed by atoms with Gasteiger partial charge in [0.2, 0.25) is 6.23 Å². The van der Waals surface area contributed by atoms with Crippen molar-refractivity contribution in [3.8, 4) is 0 Å². The molecule has 0 bridgehead atoms. The van der Waals surface area contributed by atoms with Crippen molar-refractivity contribution in [2.75, 3.05) is 11.9 Å². The lowest BCUT2D eigenvalue weighted by Gasteiger charge is -2.11. The van der Waals surface area contributed by atoms with Crippen molar-refractivity contribution >= 4 is 17.3 Å². The van der Waals surface area contributed by atoms with E-state index in [1.807, 2.05) is 62.4 Å². The van der Waals surface area contributed by atoms with Gasteiger partial charge in [-0.1, -0.05) is 48.9 Å². The molecule has 0 aromatic heterocycles. The van der Waals surface area contributed by atoms with E-state index in [0.29, 0.717) is 6.61 Å². The van der Waals surface area contributed by atoms with Crippen molar-refractivity contribution in [3.63, 3.8) is 0 Å². The number of hydrogen-bond acceptors (Lipinski definition) is 3. The maximum Gasteiger partial charge on any atom is 0.276 e. The van der Waals surface area contributed by atoms with Gasteiger partial charge in [-0.15, -0.1) is 0 Å². The molecule has 1 amide bonds. The molecule has 0 spiro atoms. The standard InChI is InChI=1S/C19H20N2O2/c1-3-11-23-19-18(22)20-16-10-9-13(2)12-15(16)17(21-19)14-7-5-4-6-8-14/h4-10,12,19H,3,11H2,1-2H3,(H,20,22). The first kappa shape index (κ1) is 15.4. The molecule has 4 nitrogen and oxygen atoms in total. The number of fused-ring (bicyclic) bond motifs is 1. The fraction of sp³-hybridized carbons (Fsp3) is 0.263. The van der Waals surface area contributed by atoms with Gasteiger partial charge in [0.1, 0.15) is 0 Å². The van der Waals surface area contributed by atoms with Crippen LogP contribution >= 0.6 is 0 Å². The molecular weight excluding hydrogens is 288 g/mol. The average molecular weight is 308 g/mol. The molecule has 2 aromatic rings. The van der Waals surface area contributed by atoms with Crippen LogP contribution in [0.15, 0.2) is 53.5 Å². The number of amides is 1. The van der Waals surface area contributed by atoms with Crippen molar-refractivity contribution in [2.24, 2.45) is 4.99 Å². The van der Waals surface area contributed by atoms with E-state index >= 15 is 0 Å². The SMILES string of the molecule is CCCOC1N=C(c2ccccc2)c2cc(C)ccc2NC1=O. The zero-order valence-electron chi connectivity index (χ0n) is 13.4. The fourth-order valence-corrected chi connectivity index (χ4v) is 2.57. The monoisotopic (exact) mass is 308 g/mol. The number of ether oxygens (including phenoxy) is 1. The first-order valence-corrected chi connectivity index (χ1v) is 7.85. The summed E-state index contributed by atoms with van der Waals surface area (Å²) in [6.45, 7) is 4.54. The molecule has 1 unspecified atom stereocenters. The molecule has 1 heterocycles. The van der Waals surface area contributed by atoms with E-state index < -0.39 is 6.23 Å². The van der Waals surface area contributed by atoms with E-state index in [0.717, 1.165) is 34.5 Å². The summed E-state index contributed by atoms with van der Waals surface area (Å²) in [4.78, 5) is 17.0. The largest absolute Gasteiger partial charge is 0.348 e. The maximum absolute atomic E-state index is 12.4. The highest BCUT2D eigenvalue weighted by molar-refractivity contribution is 6.19. The zero-order chi connectivity index (χ0) is 16.2. The third-order valence-electron chi connectivity index (χ3n) is 3.69. The van der Waals surface area contributed by atoms with E-state index in [1.54, 1.807) is 0 Å². The smallest absolute Gasteiger partial charge is 0.276 e. The van der Waals surface area contributed by atoms with Crippen LogP contribution in [-0.2, 0) is 9.53 Å². The summed E-state index contributed by atoms with van der Waals surface area (Å²) in [6, 6.07) is 15.8. The third kappa shape index (κ3) is 3.32. The lowest BCUT2D eigenvalue weighted by molar-refractivity contribution is -0.126. The number of carbonyl (C=O) groups excluding carboxylic acids is 1. The quantitative estimate of drug-likeness (QED) is 0.939. The van der Waals surface area contributed by atoms with Gasteiger partial charge in [-0.3, -0.25) is 4.79 Å². The lowest BCUT2D eigenvalue weighted by atomic mass is 9.99. The summed E-state index contributed by atoms with van der Waals surface area (Å²) >= 11 is 0. The molecule has 118 valence electrons. The number of aryl methyl sites for hydroxylation is 1. The van der Waals surface area contributed by atoms with Crippen molar-refractivity contribution in [1.29, 1.82) is 0 Å². The van der Waals surface area contributed by atoms with Gasteiger partial charge >= 0.3 is 0 Å². The minimum absolute atomic E-state index is 0.227. The van der Waals surface area contributed by atoms with Crippen LogP contribution in [0.3, 0.4) is 0 Å². The maximum atomic E-state index is 12.4. The Balaban J connectivity index is 2.13. The van der Waals surface area contributed by atoms with Gasteiger partial charge in [0.05, 0.1) is 11.4 Å². The second kappa shape index (κ2) is 6.75. The predicted molar refractivity (Wildman–Crippen MR) is 91.9 cm³/mol. The molecule has 0 fully saturated rings. The Kier molecular flexibility index (Phi) is 4.53. The number of benzodiazepines with no additional fused rings is 1. The van der Waals surface area contributed by atoms with Gasteiger partial charge in [0.15, 0.2) is 0 Å². The number of benzene rings is 2. The molecule has 0 saturated heterocycles. The third-order valence-corrected chi connectivity index (χ3v) is 3.69. The summed E-state index contributed by atoms with van der Waals surface area (Å²) in [5.74, 6) is -0.227. The Morgan fingerprint density at radius 2 is 1.96 bits per heavy atom. The number of anilines is 1. The van der Waals surface area contributed by atoms with E-state index in [9.17, 15) is 4.79 Å². The molecule has 3 rings (SSSR count). The minimum Gasteiger partial charge on any atom is -0.348 e. The Bertz CT molecular complexity index is 738. The van der Waals surface area contributed by atoms with Crippen LogP contribution in [0.4, 0.5) is 5.69 Å². The topological polar surface area (TPSA) is 50.7 Å². The molecular formula is C19H20N2O2. The Labute approximate surface area is 136 Å². The van der Waals surface area contributed by atoms with Crippen LogP contribution in [-0.4, -0.2) is 24.5 Å². The molecule has 1 aliphatic rings. The number of nitrogens with zero attached hydrogens (tertiary/aromatic N) is 1. The number of hydrogen-bond donors (Lipinski definition) is 1. The second-order valence-corrected chi connectivity index (χ2v) is 5.61. The van der Waals surface area contributed by atoms with Crippen LogP contribution in [0.25, 0.3) is 0 Å². The molecule has 0 aliphatic carbocycles. The molecule has 1 atom stereocenters. The van der Waals surface area contributed by atoms with Crippen LogP contribution in [0, 0.1) is 6.92 Å². The highest BCUT2D eigenvalue weighted by Gasteiger charge is 2.26. The molecule has 2 aromatic carbocycles. The Morgan fingerprint density at radius 1 is 1.17 bits per heavy atom. The van der Waals surface area contributed by atoms with E-state index in [1.165, 1.54) is 0 Å². The van der Waals surface area contributed by atoms with E-state index in [4.69, 9.17) is 4.74 Å². The fourth-order valence-electron chi connectivity index (χ4n) is 2.57. The van der Waals surface area contributed by atoms with Crippen molar-refractivity contribution in [1.82, 2.24) is 0 Å². The Hall–Kier alpha value is -2.46. The van der Waals surface area contributed by atoms with Gasteiger partial charge in [0.25, 0.3) is 5.91 Å². The van der Waals surface area contributed by atoms with Crippen molar-refractivity contribution in [2.45, 2.75) is 26.5 Å². The summed E-state index contributed by atoms with van der Waals surface area (Å²) in [5.41, 5.74) is 4.57. The van der Waals surface area contributed by atoms with E-state index in [-0.39, 0.29) is 5.91 Å². The molecule has 0 saturated carbocycles. The van der Waals surface area contributed by atoms with Crippen molar-refractivity contribution < 1.29 is 9.53 Å². The molecule has 0 radical (unpaired) electrons. The number of rotatable bonds is 4. The Morgan fingerprint density at radius 3 is 2.70 bits per heavy atom. The average Bonchev–Trinajstić information content (AvgIpc) is 2.70. The van der Waals surface area contributed by atoms with Crippen LogP contribution in [0.5, 0.6) is 0 Å².